The molecule has 0 fully saturated rings. The van der Waals surface area contributed by atoms with Crippen LogP contribution in [-0.2, 0) is 0 Å². The third-order valence-corrected chi connectivity index (χ3v) is 7.58. The summed E-state index contributed by atoms with van der Waals surface area (Å²) in [6, 6.07) is 45.7. The molecule has 0 N–H and O–H groups in total. The first-order chi connectivity index (χ1) is 18.3. The van der Waals surface area contributed by atoms with Crippen LogP contribution in [0.2, 0.25) is 0 Å². The lowest BCUT2D eigenvalue weighted by molar-refractivity contribution is 1.23. The molecule has 0 radical (unpaired) electrons. The van der Waals surface area contributed by atoms with Gasteiger partial charge in [0.25, 0.3) is 0 Å². The monoisotopic (exact) mass is 470 g/mol. The van der Waals surface area contributed by atoms with E-state index in [0.29, 0.717) is 0 Å². The number of fused-ring (bicyclic) bond motifs is 10. The molecule has 8 rings (SSSR count). The molecule has 37 heavy (non-hydrogen) atoms. The average molecular weight is 471 g/mol. The maximum Gasteiger partial charge on any atom is 0.137 e. The van der Waals surface area contributed by atoms with Gasteiger partial charge in [0.2, 0.25) is 0 Å². The van der Waals surface area contributed by atoms with E-state index < -0.39 is 0 Å². The number of hydrogen-bond donors (Lipinski definition) is 0. The molecule has 2 heterocycles. The van der Waals surface area contributed by atoms with Crippen molar-refractivity contribution in [2.45, 2.75) is 0 Å². The quantitative estimate of drug-likeness (QED) is 0.230. The zero-order valence-electron chi connectivity index (χ0n) is 20.1. The van der Waals surface area contributed by atoms with Crippen molar-refractivity contribution in [3.8, 4) is 22.3 Å². The molecule has 172 valence electrons. The molecule has 0 aliphatic rings. The highest BCUT2D eigenvalue weighted by Gasteiger charge is 2.16. The van der Waals surface area contributed by atoms with E-state index in [1.807, 2.05) is 0 Å². The zero-order valence-corrected chi connectivity index (χ0v) is 20.1. The van der Waals surface area contributed by atoms with Crippen LogP contribution in [0.4, 0.5) is 0 Å². The van der Waals surface area contributed by atoms with E-state index in [1.54, 1.807) is 0 Å². The summed E-state index contributed by atoms with van der Waals surface area (Å²) in [4.78, 5) is 5.08. The molecule has 8 aromatic rings. The molecule has 0 spiro atoms. The Morgan fingerprint density at radius 1 is 0.459 bits per heavy atom. The fraction of sp³-hybridized carbons (Fsp3) is 0. The highest BCUT2D eigenvalue weighted by Crippen LogP contribution is 2.40. The molecule has 6 aromatic carbocycles. The molecule has 0 aliphatic carbocycles. The zero-order chi connectivity index (χ0) is 24.3. The lowest BCUT2D eigenvalue weighted by Crippen LogP contribution is -1.88. The lowest BCUT2D eigenvalue weighted by Gasteiger charge is -2.12. The van der Waals surface area contributed by atoms with Gasteiger partial charge in [-0.05, 0) is 62.0 Å². The molecular weight excluding hydrogens is 448 g/mol. The Hall–Kier alpha value is -4.95. The number of hydrogen-bond acceptors (Lipinski definition) is 1. The number of pyridine rings is 1. The van der Waals surface area contributed by atoms with Crippen molar-refractivity contribution in [1.29, 1.82) is 0 Å². The van der Waals surface area contributed by atoms with Gasteiger partial charge in [-0.3, -0.25) is 4.40 Å². The highest BCUT2D eigenvalue weighted by molar-refractivity contribution is 6.30. The third kappa shape index (κ3) is 3.03. The number of imidazole rings is 1. The van der Waals surface area contributed by atoms with Gasteiger partial charge in [-0.15, -0.1) is 0 Å². The summed E-state index contributed by atoms with van der Waals surface area (Å²) in [6.07, 6.45) is 2.12. The van der Waals surface area contributed by atoms with Crippen molar-refractivity contribution in [2.75, 3.05) is 0 Å². The maximum absolute atomic E-state index is 5.08. The van der Waals surface area contributed by atoms with Gasteiger partial charge in [-0.1, -0.05) is 109 Å². The summed E-state index contributed by atoms with van der Waals surface area (Å²) in [6.45, 7) is 0. The SMILES string of the molecule is c1ccc(-c2ccc(-c3ccc4c(c3)c3c5ccccc5ccc3c3nc5ccccn5c43)cc2)cc1. The molecule has 0 amide bonds. The predicted molar refractivity (Wildman–Crippen MR) is 156 cm³/mol. The fourth-order valence-electron chi connectivity index (χ4n) is 5.82. The van der Waals surface area contributed by atoms with Crippen LogP contribution in [0.3, 0.4) is 0 Å². The van der Waals surface area contributed by atoms with Gasteiger partial charge in [0.1, 0.15) is 5.65 Å². The summed E-state index contributed by atoms with van der Waals surface area (Å²) in [5.74, 6) is 0. The summed E-state index contributed by atoms with van der Waals surface area (Å²) in [7, 11) is 0. The Balaban J connectivity index is 1.45. The molecule has 0 bridgehead atoms. The van der Waals surface area contributed by atoms with E-state index in [4.69, 9.17) is 4.98 Å². The number of aromatic nitrogens is 2. The second-order valence-electron chi connectivity index (χ2n) is 9.65. The van der Waals surface area contributed by atoms with Crippen LogP contribution < -0.4 is 0 Å². The van der Waals surface area contributed by atoms with Crippen molar-refractivity contribution in [1.82, 2.24) is 9.38 Å². The average Bonchev–Trinajstić information content (AvgIpc) is 3.37. The second kappa shape index (κ2) is 7.78. The molecule has 0 saturated heterocycles. The number of benzene rings is 6. The van der Waals surface area contributed by atoms with Gasteiger partial charge in [-0.25, -0.2) is 4.98 Å². The van der Waals surface area contributed by atoms with Crippen LogP contribution in [0.25, 0.3) is 71.3 Å². The summed E-state index contributed by atoms with van der Waals surface area (Å²) >= 11 is 0. The molecule has 2 nitrogen and oxygen atoms in total. The summed E-state index contributed by atoms with van der Waals surface area (Å²) < 4.78 is 2.22. The van der Waals surface area contributed by atoms with Gasteiger partial charge in [-0.2, -0.15) is 0 Å². The Bertz CT molecular complexity index is 2120. The molecule has 0 atom stereocenters. The van der Waals surface area contributed by atoms with Gasteiger partial charge in [0, 0.05) is 17.0 Å². The Morgan fingerprint density at radius 2 is 1.14 bits per heavy atom. The summed E-state index contributed by atoms with van der Waals surface area (Å²) in [5.41, 5.74) is 8.09. The molecule has 0 saturated carbocycles. The Labute approximate surface area is 214 Å². The smallest absolute Gasteiger partial charge is 0.137 e. The minimum Gasteiger partial charge on any atom is -0.299 e. The largest absolute Gasteiger partial charge is 0.299 e. The number of nitrogens with zero attached hydrogens (tertiary/aromatic N) is 2. The van der Waals surface area contributed by atoms with Crippen LogP contribution in [0.1, 0.15) is 0 Å². The lowest BCUT2D eigenvalue weighted by atomic mass is 9.92. The van der Waals surface area contributed by atoms with Crippen LogP contribution in [-0.4, -0.2) is 9.38 Å². The Morgan fingerprint density at radius 3 is 2.00 bits per heavy atom. The van der Waals surface area contributed by atoms with Gasteiger partial charge in [0.05, 0.1) is 11.0 Å². The highest BCUT2D eigenvalue weighted by atomic mass is 15.0. The van der Waals surface area contributed by atoms with Gasteiger partial charge in [0.15, 0.2) is 0 Å². The predicted octanol–water partition coefficient (Wildman–Crippen LogP) is 9.28. The van der Waals surface area contributed by atoms with Crippen molar-refractivity contribution in [3.63, 3.8) is 0 Å². The standard InChI is InChI=1S/C35H22N2/c1-2-8-23(9-3-1)24-13-15-25(16-14-24)27-18-19-29-31(22-27)33-28-11-5-4-10-26(28)17-20-30(33)34-35(29)37-21-7-6-12-32(37)36-34/h1-22H. The van der Waals surface area contributed by atoms with E-state index in [2.05, 4.69) is 138 Å². The molecule has 2 aromatic heterocycles. The normalized spacial score (nSPS) is 11.8. The molecule has 2 heteroatoms. The van der Waals surface area contributed by atoms with E-state index in [-0.39, 0.29) is 0 Å². The molecular formula is C35H22N2. The van der Waals surface area contributed by atoms with Crippen molar-refractivity contribution in [2.24, 2.45) is 0 Å². The summed E-state index contributed by atoms with van der Waals surface area (Å²) in [5, 5.41) is 7.46. The molecule has 0 unspecified atom stereocenters. The van der Waals surface area contributed by atoms with Crippen LogP contribution in [0.15, 0.2) is 134 Å². The van der Waals surface area contributed by atoms with Crippen molar-refractivity contribution in [3.05, 3.63) is 134 Å². The molecule has 0 aliphatic heterocycles. The third-order valence-electron chi connectivity index (χ3n) is 7.58. The van der Waals surface area contributed by atoms with E-state index in [0.717, 1.165) is 11.2 Å². The first kappa shape index (κ1) is 20.3. The van der Waals surface area contributed by atoms with E-state index >= 15 is 0 Å². The topological polar surface area (TPSA) is 17.3 Å². The fourth-order valence-corrected chi connectivity index (χ4v) is 5.82. The van der Waals surface area contributed by atoms with E-state index in [1.165, 1.54) is 60.1 Å². The minimum absolute atomic E-state index is 0.972. The van der Waals surface area contributed by atoms with Crippen molar-refractivity contribution < 1.29 is 0 Å². The Kier molecular flexibility index (Phi) is 4.26. The first-order valence-electron chi connectivity index (χ1n) is 12.6. The maximum atomic E-state index is 5.08. The minimum atomic E-state index is 0.972. The van der Waals surface area contributed by atoms with Crippen LogP contribution >= 0.6 is 0 Å². The van der Waals surface area contributed by atoms with Crippen molar-refractivity contribution >= 4 is 49.0 Å². The van der Waals surface area contributed by atoms with Crippen LogP contribution in [0.5, 0.6) is 0 Å². The first-order valence-corrected chi connectivity index (χ1v) is 12.6. The van der Waals surface area contributed by atoms with Crippen LogP contribution in [0, 0.1) is 0 Å². The number of rotatable bonds is 2. The van der Waals surface area contributed by atoms with Gasteiger partial charge < -0.3 is 0 Å². The second-order valence-corrected chi connectivity index (χ2v) is 9.65. The van der Waals surface area contributed by atoms with Gasteiger partial charge >= 0.3 is 0 Å². The van der Waals surface area contributed by atoms with E-state index in [9.17, 15) is 0 Å².